The van der Waals surface area contributed by atoms with Crippen LogP contribution in [0.1, 0.15) is 48.5 Å². The van der Waals surface area contributed by atoms with E-state index in [1.54, 1.807) is 0 Å². The molecule has 1 unspecified atom stereocenters. The predicted molar refractivity (Wildman–Crippen MR) is 130 cm³/mol. The highest BCUT2D eigenvalue weighted by atomic mass is 16.6. The summed E-state index contributed by atoms with van der Waals surface area (Å²) in [5, 5.41) is 10.6. The third-order valence-electron chi connectivity index (χ3n) is 7.39. The van der Waals surface area contributed by atoms with Crippen molar-refractivity contribution in [2.24, 2.45) is 11.8 Å². The number of piperidine rings is 1. The number of ether oxygens (including phenoxy) is 1. The van der Waals surface area contributed by atoms with Gasteiger partial charge in [-0.05, 0) is 52.5 Å². The van der Waals surface area contributed by atoms with Crippen LogP contribution in [0.5, 0.6) is 0 Å². The van der Waals surface area contributed by atoms with Gasteiger partial charge in [0.15, 0.2) is 0 Å². The number of carbonyl (C=O) groups is 1. The standard InChI is InChI=1S/C29H31NO3/c1-20-18-30(16-15-22(20)17-28(31)21-9-3-2-4-10-21)29(32)33-19-27-25-13-7-5-11-23(25)24-12-6-8-14-26(24)27/h2-14,20,22,27-28,31H,15-19H2,1H3/t20-,22+,28?/m1/s1. The molecular formula is C29H31NO3. The molecular weight excluding hydrogens is 410 g/mol. The molecule has 3 aromatic carbocycles. The van der Waals surface area contributed by atoms with E-state index in [-0.39, 0.29) is 12.0 Å². The molecule has 170 valence electrons. The highest BCUT2D eigenvalue weighted by Gasteiger charge is 2.33. The average Bonchev–Trinajstić information content (AvgIpc) is 3.18. The Morgan fingerprint density at radius 3 is 2.21 bits per heavy atom. The summed E-state index contributed by atoms with van der Waals surface area (Å²) in [7, 11) is 0. The molecule has 1 aliphatic carbocycles. The molecule has 1 aliphatic heterocycles. The number of aliphatic hydroxyl groups excluding tert-OH is 1. The van der Waals surface area contributed by atoms with Crippen molar-refractivity contribution in [2.45, 2.75) is 31.8 Å². The van der Waals surface area contributed by atoms with Gasteiger partial charge in [0.2, 0.25) is 0 Å². The Morgan fingerprint density at radius 1 is 0.970 bits per heavy atom. The molecule has 4 heteroatoms. The smallest absolute Gasteiger partial charge is 0.409 e. The van der Waals surface area contributed by atoms with Crippen molar-refractivity contribution in [3.05, 3.63) is 95.6 Å². The Labute approximate surface area is 195 Å². The Hall–Kier alpha value is -3.11. The molecule has 1 fully saturated rings. The second kappa shape index (κ2) is 9.40. The third-order valence-corrected chi connectivity index (χ3v) is 7.39. The molecule has 1 saturated heterocycles. The van der Waals surface area contributed by atoms with Crippen LogP contribution in [-0.2, 0) is 4.74 Å². The normalized spacial score (nSPS) is 20.7. The Morgan fingerprint density at radius 2 is 1.58 bits per heavy atom. The van der Waals surface area contributed by atoms with Crippen LogP contribution in [0, 0.1) is 11.8 Å². The molecule has 33 heavy (non-hydrogen) atoms. The van der Waals surface area contributed by atoms with Crippen LogP contribution in [0.25, 0.3) is 11.1 Å². The van der Waals surface area contributed by atoms with Crippen molar-refractivity contribution in [3.8, 4) is 11.1 Å². The number of carbonyl (C=O) groups excluding carboxylic acids is 1. The summed E-state index contributed by atoms with van der Waals surface area (Å²) in [4.78, 5) is 14.8. The van der Waals surface area contributed by atoms with Crippen molar-refractivity contribution >= 4 is 6.09 Å². The van der Waals surface area contributed by atoms with Gasteiger partial charge in [0.05, 0.1) is 6.10 Å². The first kappa shape index (κ1) is 21.7. The van der Waals surface area contributed by atoms with E-state index in [4.69, 9.17) is 4.74 Å². The summed E-state index contributed by atoms with van der Waals surface area (Å²) in [6, 6.07) is 26.6. The van der Waals surface area contributed by atoms with Gasteiger partial charge in [-0.15, -0.1) is 0 Å². The lowest BCUT2D eigenvalue weighted by Crippen LogP contribution is -2.43. The fourth-order valence-electron chi connectivity index (χ4n) is 5.49. The topological polar surface area (TPSA) is 49.8 Å². The van der Waals surface area contributed by atoms with Gasteiger partial charge in [0, 0.05) is 19.0 Å². The lowest BCUT2D eigenvalue weighted by molar-refractivity contribution is 0.0536. The molecule has 2 aliphatic rings. The SMILES string of the molecule is C[C@@H]1CN(C(=O)OCC2c3ccccc3-c3ccccc32)CC[C@H]1CC(O)c1ccccc1. The fourth-order valence-corrected chi connectivity index (χ4v) is 5.49. The zero-order valence-electron chi connectivity index (χ0n) is 19.1. The van der Waals surface area contributed by atoms with E-state index in [9.17, 15) is 9.90 Å². The summed E-state index contributed by atoms with van der Waals surface area (Å²) in [5.41, 5.74) is 5.90. The maximum atomic E-state index is 12.9. The van der Waals surface area contributed by atoms with Gasteiger partial charge in [-0.1, -0.05) is 85.8 Å². The summed E-state index contributed by atoms with van der Waals surface area (Å²) >= 11 is 0. The average molecular weight is 442 g/mol. The molecule has 1 amide bonds. The number of likely N-dealkylation sites (tertiary alicyclic amines) is 1. The summed E-state index contributed by atoms with van der Waals surface area (Å²) < 4.78 is 5.85. The van der Waals surface area contributed by atoms with Crippen LogP contribution < -0.4 is 0 Å². The first-order chi connectivity index (χ1) is 16.1. The Balaban J connectivity index is 1.18. The Kier molecular flexibility index (Phi) is 6.19. The second-order valence-electron chi connectivity index (χ2n) is 9.44. The van der Waals surface area contributed by atoms with E-state index in [2.05, 4.69) is 55.5 Å². The number of benzene rings is 3. The van der Waals surface area contributed by atoms with Crippen molar-refractivity contribution < 1.29 is 14.6 Å². The van der Waals surface area contributed by atoms with Crippen LogP contribution in [0.15, 0.2) is 78.9 Å². The number of nitrogens with zero attached hydrogens (tertiary/aromatic N) is 1. The quantitative estimate of drug-likeness (QED) is 0.527. The van der Waals surface area contributed by atoms with Gasteiger partial charge in [0.1, 0.15) is 6.61 Å². The number of amides is 1. The van der Waals surface area contributed by atoms with Gasteiger partial charge in [-0.3, -0.25) is 0 Å². The monoisotopic (exact) mass is 441 g/mol. The maximum Gasteiger partial charge on any atom is 0.409 e. The molecule has 0 aromatic heterocycles. The summed E-state index contributed by atoms with van der Waals surface area (Å²) in [5.74, 6) is 0.785. The van der Waals surface area contributed by atoms with Crippen molar-refractivity contribution in [2.75, 3.05) is 19.7 Å². The minimum absolute atomic E-state index is 0.0809. The highest BCUT2D eigenvalue weighted by molar-refractivity contribution is 5.79. The molecule has 4 nitrogen and oxygen atoms in total. The van der Waals surface area contributed by atoms with Crippen LogP contribution >= 0.6 is 0 Å². The number of fused-ring (bicyclic) bond motifs is 3. The molecule has 3 atom stereocenters. The van der Waals surface area contributed by atoms with Gasteiger partial charge in [-0.2, -0.15) is 0 Å². The summed E-state index contributed by atoms with van der Waals surface area (Å²) in [6.45, 7) is 3.87. The van der Waals surface area contributed by atoms with E-state index in [0.717, 1.165) is 18.4 Å². The summed E-state index contributed by atoms with van der Waals surface area (Å²) in [6.07, 6.45) is 0.921. The van der Waals surface area contributed by atoms with E-state index in [1.165, 1.54) is 22.3 Å². The third kappa shape index (κ3) is 4.40. The van der Waals surface area contributed by atoms with Crippen LogP contribution in [0.3, 0.4) is 0 Å². The molecule has 5 rings (SSSR count). The van der Waals surface area contributed by atoms with Gasteiger partial charge < -0.3 is 14.7 Å². The second-order valence-corrected chi connectivity index (χ2v) is 9.44. The van der Waals surface area contributed by atoms with Crippen molar-refractivity contribution in [1.29, 1.82) is 0 Å². The predicted octanol–water partition coefficient (Wildman–Crippen LogP) is 6.02. The van der Waals surface area contributed by atoms with Gasteiger partial charge in [0.25, 0.3) is 0 Å². The first-order valence-electron chi connectivity index (χ1n) is 11.9. The largest absolute Gasteiger partial charge is 0.448 e. The van der Waals surface area contributed by atoms with E-state index < -0.39 is 6.10 Å². The highest BCUT2D eigenvalue weighted by Crippen LogP contribution is 2.44. The first-order valence-corrected chi connectivity index (χ1v) is 11.9. The van der Waals surface area contributed by atoms with Crippen LogP contribution in [0.2, 0.25) is 0 Å². The minimum Gasteiger partial charge on any atom is -0.448 e. The molecule has 0 spiro atoms. The van der Waals surface area contributed by atoms with Crippen molar-refractivity contribution in [1.82, 2.24) is 4.90 Å². The van der Waals surface area contributed by atoms with E-state index in [0.29, 0.717) is 31.5 Å². The zero-order chi connectivity index (χ0) is 22.8. The molecule has 1 heterocycles. The van der Waals surface area contributed by atoms with Crippen LogP contribution in [-0.4, -0.2) is 35.8 Å². The number of aliphatic hydroxyl groups is 1. The fraction of sp³-hybridized carbons (Fsp3) is 0.345. The van der Waals surface area contributed by atoms with E-state index in [1.807, 2.05) is 35.2 Å². The molecule has 1 N–H and O–H groups in total. The number of hydrogen-bond acceptors (Lipinski definition) is 3. The van der Waals surface area contributed by atoms with E-state index >= 15 is 0 Å². The minimum atomic E-state index is -0.459. The maximum absolute atomic E-state index is 12.9. The lowest BCUT2D eigenvalue weighted by Gasteiger charge is -2.37. The number of rotatable bonds is 5. The Bertz CT molecular complexity index is 1070. The molecule has 0 saturated carbocycles. The lowest BCUT2D eigenvalue weighted by atomic mass is 9.82. The molecule has 3 aromatic rings. The molecule has 0 bridgehead atoms. The van der Waals surface area contributed by atoms with Gasteiger partial charge >= 0.3 is 6.09 Å². The van der Waals surface area contributed by atoms with Gasteiger partial charge in [-0.25, -0.2) is 4.79 Å². The van der Waals surface area contributed by atoms with Crippen molar-refractivity contribution in [3.63, 3.8) is 0 Å². The number of hydrogen-bond donors (Lipinski definition) is 1. The molecule has 0 radical (unpaired) electrons. The van der Waals surface area contributed by atoms with Crippen LogP contribution in [0.4, 0.5) is 4.79 Å². The zero-order valence-corrected chi connectivity index (χ0v) is 19.1.